The largest absolute Gasteiger partial charge is 0.368 e. The zero-order chi connectivity index (χ0) is 12.2. The Bertz CT molecular complexity index is 239. The summed E-state index contributed by atoms with van der Waals surface area (Å²) in [5.41, 5.74) is 10.8. The van der Waals surface area contributed by atoms with Gasteiger partial charge in [0.2, 0.25) is 11.8 Å². The molecule has 0 saturated carbocycles. The first kappa shape index (κ1) is 13.9. The van der Waals surface area contributed by atoms with Gasteiger partial charge in [-0.2, -0.15) is 0 Å². The van der Waals surface area contributed by atoms with Gasteiger partial charge in [0.1, 0.15) is 6.04 Å². The average molecular weight is 215 g/mol. The highest BCUT2D eigenvalue weighted by atomic mass is 16.2. The quantitative estimate of drug-likeness (QED) is 0.581. The van der Waals surface area contributed by atoms with Gasteiger partial charge in [-0.1, -0.05) is 20.8 Å². The topological polar surface area (TPSA) is 98.2 Å². The molecule has 2 amide bonds. The van der Waals surface area contributed by atoms with Crippen LogP contribution < -0.4 is 16.8 Å². The van der Waals surface area contributed by atoms with Crippen LogP contribution in [-0.2, 0) is 9.59 Å². The van der Waals surface area contributed by atoms with Crippen molar-refractivity contribution in [3.8, 4) is 0 Å². The zero-order valence-corrected chi connectivity index (χ0v) is 9.78. The van der Waals surface area contributed by atoms with Crippen LogP contribution in [0.4, 0.5) is 0 Å². The maximum Gasteiger partial charge on any atom is 0.240 e. The van der Waals surface area contributed by atoms with Crippen LogP contribution in [0.2, 0.25) is 0 Å². The molecule has 0 rings (SSSR count). The summed E-state index contributed by atoms with van der Waals surface area (Å²) in [7, 11) is 0. The molecule has 0 aliphatic heterocycles. The molecule has 0 fully saturated rings. The molecule has 0 radical (unpaired) electrons. The molecule has 0 aromatic heterocycles. The van der Waals surface area contributed by atoms with Gasteiger partial charge >= 0.3 is 0 Å². The van der Waals surface area contributed by atoms with E-state index >= 15 is 0 Å². The summed E-state index contributed by atoms with van der Waals surface area (Å²) in [4.78, 5) is 22.7. The lowest BCUT2D eigenvalue weighted by atomic mass is 10.00. The highest BCUT2D eigenvalue weighted by molar-refractivity contribution is 5.87. The van der Waals surface area contributed by atoms with E-state index in [1.165, 1.54) is 0 Å². The fourth-order valence-corrected chi connectivity index (χ4v) is 1.09. The molecule has 0 aromatic carbocycles. The van der Waals surface area contributed by atoms with Gasteiger partial charge in [0.15, 0.2) is 0 Å². The van der Waals surface area contributed by atoms with E-state index in [0.717, 1.165) is 0 Å². The van der Waals surface area contributed by atoms with Crippen LogP contribution in [0, 0.1) is 11.8 Å². The molecular weight excluding hydrogens is 194 g/mol. The first-order valence-electron chi connectivity index (χ1n) is 5.12. The van der Waals surface area contributed by atoms with E-state index in [9.17, 15) is 9.59 Å². The predicted molar refractivity (Wildman–Crippen MR) is 58.8 cm³/mol. The molecule has 5 N–H and O–H groups in total. The van der Waals surface area contributed by atoms with Gasteiger partial charge in [-0.15, -0.1) is 0 Å². The molecule has 0 heterocycles. The minimum Gasteiger partial charge on any atom is -0.368 e. The van der Waals surface area contributed by atoms with Gasteiger partial charge in [0.05, 0.1) is 0 Å². The summed E-state index contributed by atoms with van der Waals surface area (Å²) in [6.07, 6.45) is 0. The lowest BCUT2D eigenvalue weighted by Crippen LogP contribution is -2.51. The Kier molecular flexibility index (Phi) is 5.28. The normalized spacial score (nSPS) is 16.9. The molecule has 5 heteroatoms. The molecule has 0 bridgehead atoms. The van der Waals surface area contributed by atoms with Gasteiger partial charge < -0.3 is 16.8 Å². The lowest BCUT2D eigenvalue weighted by Gasteiger charge is -2.22. The Morgan fingerprint density at radius 2 is 1.60 bits per heavy atom. The maximum absolute atomic E-state index is 11.6. The third-order valence-corrected chi connectivity index (χ3v) is 2.47. The number of primary amides is 1. The van der Waals surface area contributed by atoms with Crippen molar-refractivity contribution in [2.24, 2.45) is 23.3 Å². The number of nitrogens with one attached hydrogen (secondary N) is 1. The summed E-state index contributed by atoms with van der Waals surface area (Å²) >= 11 is 0. The number of hydrogen-bond donors (Lipinski definition) is 3. The SMILES string of the molecule is CC(C)C(NC(=O)C(C)C(C)N)C(N)=O. The second-order valence-corrected chi connectivity index (χ2v) is 4.28. The summed E-state index contributed by atoms with van der Waals surface area (Å²) in [5, 5.41) is 2.60. The number of carbonyl (C=O) groups is 2. The van der Waals surface area contributed by atoms with E-state index in [4.69, 9.17) is 11.5 Å². The number of nitrogens with two attached hydrogens (primary N) is 2. The molecule has 3 atom stereocenters. The van der Waals surface area contributed by atoms with Crippen molar-refractivity contribution in [1.82, 2.24) is 5.32 Å². The van der Waals surface area contributed by atoms with Crippen molar-refractivity contribution < 1.29 is 9.59 Å². The summed E-state index contributed by atoms with van der Waals surface area (Å²) in [6, 6.07) is -0.871. The van der Waals surface area contributed by atoms with Crippen LogP contribution in [0.1, 0.15) is 27.7 Å². The van der Waals surface area contributed by atoms with E-state index in [0.29, 0.717) is 0 Å². The van der Waals surface area contributed by atoms with E-state index in [1.807, 2.05) is 13.8 Å². The first-order chi connectivity index (χ1) is 6.77. The summed E-state index contributed by atoms with van der Waals surface area (Å²) in [5.74, 6) is -1.10. The van der Waals surface area contributed by atoms with Crippen molar-refractivity contribution in [2.45, 2.75) is 39.8 Å². The van der Waals surface area contributed by atoms with Gasteiger partial charge in [-0.25, -0.2) is 0 Å². The Morgan fingerprint density at radius 3 is 1.87 bits per heavy atom. The highest BCUT2D eigenvalue weighted by Crippen LogP contribution is 2.05. The molecule has 15 heavy (non-hydrogen) atoms. The molecule has 0 aromatic rings. The van der Waals surface area contributed by atoms with Crippen molar-refractivity contribution >= 4 is 11.8 Å². The third-order valence-electron chi connectivity index (χ3n) is 2.47. The molecule has 5 nitrogen and oxygen atoms in total. The highest BCUT2D eigenvalue weighted by Gasteiger charge is 2.25. The summed E-state index contributed by atoms with van der Waals surface area (Å²) < 4.78 is 0. The second kappa shape index (κ2) is 5.70. The average Bonchev–Trinajstić information content (AvgIpc) is 2.11. The van der Waals surface area contributed by atoms with Gasteiger partial charge in [0, 0.05) is 12.0 Å². The Hall–Kier alpha value is -1.10. The molecule has 88 valence electrons. The van der Waals surface area contributed by atoms with E-state index < -0.39 is 11.9 Å². The Balaban J connectivity index is 4.43. The molecule has 0 aliphatic carbocycles. The standard InChI is InChI=1S/C10H21N3O2/c1-5(2)8(9(12)14)13-10(15)6(3)7(4)11/h5-8H,11H2,1-4H3,(H2,12,14)(H,13,15). The van der Waals surface area contributed by atoms with Crippen LogP contribution in [0.25, 0.3) is 0 Å². The number of amides is 2. The van der Waals surface area contributed by atoms with Gasteiger partial charge in [-0.05, 0) is 12.8 Å². The number of carbonyl (C=O) groups excluding carboxylic acids is 2. The molecule has 0 aliphatic rings. The zero-order valence-electron chi connectivity index (χ0n) is 9.78. The van der Waals surface area contributed by atoms with Gasteiger partial charge in [0.25, 0.3) is 0 Å². The van der Waals surface area contributed by atoms with Gasteiger partial charge in [-0.3, -0.25) is 9.59 Å². The smallest absolute Gasteiger partial charge is 0.240 e. The Labute approximate surface area is 90.6 Å². The Morgan fingerprint density at radius 1 is 1.13 bits per heavy atom. The predicted octanol–water partition coefficient (Wildman–Crippen LogP) is -0.404. The van der Waals surface area contributed by atoms with Crippen molar-refractivity contribution in [3.05, 3.63) is 0 Å². The number of hydrogen-bond acceptors (Lipinski definition) is 3. The minimum absolute atomic E-state index is 0.0215. The van der Waals surface area contributed by atoms with Crippen LogP contribution in [0.3, 0.4) is 0 Å². The van der Waals surface area contributed by atoms with Crippen molar-refractivity contribution in [2.75, 3.05) is 0 Å². The second-order valence-electron chi connectivity index (χ2n) is 4.28. The fraction of sp³-hybridized carbons (Fsp3) is 0.800. The lowest BCUT2D eigenvalue weighted by molar-refractivity contribution is -0.130. The summed E-state index contributed by atoms with van der Waals surface area (Å²) in [6.45, 7) is 7.12. The van der Waals surface area contributed by atoms with Crippen molar-refractivity contribution in [1.29, 1.82) is 0 Å². The molecule has 3 unspecified atom stereocenters. The van der Waals surface area contributed by atoms with E-state index in [2.05, 4.69) is 5.32 Å². The van der Waals surface area contributed by atoms with E-state index in [1.54, 1.807) is 13.8 Å². The first-order valence-corrected chi connectivity index (χ1v) is 5.12. The molecular formula is C10H21N3O2. The third kappa shape index (κ3) is 4.29. The number of rotatable bonds is 5. The molecule has 0 saturated heterocycles. The minimum atomic E-state index is -0.626. The van der Waals surface area contributed by atoms with Crippen LogP contribution in [-0.4, -0.2) is 23.9 Å². The maximum atomic E-state index is 11.6. The monoisotopic (exact) mass is 215 g/mol. The van der Waals surface area contributed by atoms with Crippen LogP contribution in [0.15, 0.2) is 0 Å². The van der Waals surface area contributed by atoms with Crippen LogP contribution >= 0.6 is 0 Å². The fourth-order valence-electron chi connectivity index (χ4n) is 1.09. The van der Waals surface area contributed by atoms with Crippen LogP contribution in [0.5, 0.6) is 0 Å². The molecule has 0 spiro atoms. The van der Waals surface area contributed by atoms with Crippen molar-refractivity contribution in [3.63, 3.8) is 0 Å². The van der Waals surface area contributed by atoms with E-state index in [-0.39, 0.29) is 23.8 Å².